The Morgan fingerprint density at radius 1 is 1.27 bits per heavy atom. The molecule has 0 radical (unpaired) electrons. The van der Waals surface area contributed by atoms with E-state index in [-0.39, 0.29) is 11.2 Å². The van der Waals surface area contributed by atoms with Crippen molar-refractivity contribution >= 4 is 5.78 Å². The molecule has 0 aromatic carbocycles. The van der Waals surface area contributed by atoms with Crippen LogP contribution in [0.4, 0.5) is 0 Å². The Bertz CT molecular complexity index is 430. The van der Waals surface area contributed by atoms with Crippen molar-refractivity contribution < 1.29 is 9.21 Å². The van der Waals surface area contributed by atoms with Gasteiger partial charge < -0.3 is 4.42 Å². The number of hydrogen-bond donors (Lipinski definition) is 0. The van der Waals surface area contributed by atoms with Crippen molar-refractivity contribution in [2.45, 2.75) is 20.8 Å². The molecule has 0 N–H and O–H groups in total. The van der Waals surface area contributed by atoms with Crippen LogP contribution in [0, 0.1) is 5.41 Å². The van der Waals surface area contributed by atoms with Gasteiger partial charge in [0, 0.05) is 16.5 Å². The van der Waals surface area contributed by atoms with Crippen LogP contribution in [0.15, 0.2) is 34.9 Å². The van der Waals surface area contributed by atoms with E-state index in [1.165, 1.54) is 0 Å². The van der Waals surface area contributed by atoms with Gasteiger partial charge in [-0.1, -0.05) is 20.8 Å². The smallest absolute Gasteiger partial charge is 0.168 e. The minimum Gasteiger partial charge on any atom is -0.464 e. The maximum absolute atomic E-state index is 12.0. The number of carbonyl (C=O) groups excluding carboxylic acids is 1. The number of rotatable bonds is 1. The summed E-state index contributed by atoms with van der Waals surface area (Å²) in [4.78, 5) is 12.0. The topological polar surface area (TPSA) is 30.2 Å². The van der Waals surface area contributed by atoms with Crippen LogP contribution in [0.5, 0.6) is 0 Å². The Morgan fingerprint density at radius 2 is 2.00 bits per heavy atom. The SMILES string of the molecule is CC(C)(C)C(=O)c1cc2cccoc-2c1. The predicted molar refractivity (Wildman–Crippen MR) is 59.1 cm³/mol. The highest BCUT2D eigenvalue weighted by atomic mass is 16.3. The highest BCUT2D eigenvalue weighted by molar-refractivity contribution is 6.02. The number of Topliss-reactive ketones (excluding diaryl/α,β-unsaturated/α-hetero) is 1. The average Bonchev–Trinajstić information content (AvgIpc) is 2.58. The normalized spacial score (nSPS) is 11.9. The molecule has 0 bridgehead atoms. The Morgan fingerprint density at radius 3 is 2.60 bits per heavy atom. The summed E-state index contributed by atoms with van der Waals surface area (Å²) in [7, 11) is 0. The molecule has 0 spiro atoms. The fourth-order valence-corrected chi connectivity index (χ4v) is 1.56. The van der Waals surface area contributed by atoms with Crippen LogP contribution in [-0.4, -0.2) is 5.78 Å². The van der Waals surface area contributed by atoms with Gasteiger partial charge in [-0.05, 0) is 24.3 Å². The third-order valence-electron chi connectivity index (χ3n) is 2.37. The molecule has 1 aliphatic carbocycles. The maximum Gasteiger partial charge on any atom is 0.168 e. The van der Waals surface area contributed by atoms with Crippen LogP contribution < -0.4 is 0 Å². The Balaban J connectivity index is 2.47. The van der Waals surface area contributed by atoms with E-state index in [0.717, 1.165) is 16.9 Å². The third kappa shape index (κ3) is 1.80. The van der Waals surface area contributed by atoms with Gasteiger partial charge in [-0.15, -0.1) is 0 Å². The summed E-state index contributed by atoms with van der Waals surface area (Å²) >= 11 is 0. The molecule has 1 aliphatic heterocycles. The Kier molecular flexibility index (Phi) is 2.14. The van der Waals surface area contributed by atoms with Crippen molar-refractivity contribution in [3.8, 4) is 11.3 Å². The summed E-state index contributed by atoms with van der Waals surface area (Å²) in [6.07, 6.45) is 1.62. The van der Waals surface area contributed by atoms with Crippen LogP contribution in [0.3, 0.4) is 0 Å². The van der Waals surface area contributed by atoms with Crippen molar-refractivity contribution in [2.75, 3.05) is 0 Å². The van der Waals surface area contributed by atoms with Crippen molar-refractivity contribution in [1.29, 1.82) is 0 Å². The van der Waals surface area contributed by atoms with Crippen molar-refractivity contribution in [1.82, 2.24) is 0 Å². The van der Waals surface area contributed by atoms with E-state index >= 15 is 0 Å². The van der Waals surface area contributed by atoms with Crippen molar-refractivity contribution in [3.05, 3.63) is 36.1 Å². The molecule has 0 fully saturated rings. The molecule has 2 rings (SSSR count). The summed E-state index contributed by atoms with van der Waals surface area (Å²) < 4.78 is 5.30. The average molecular weight is 202 g/mol. The molecule has 2 heteroatoms. The van der Waals surface area contributed by atoms with E-state index in [4.69, 9.17) is 4.42 Å². The lowest BCUT2D eigenvalue weighted by Gasteiger charge is -2.14. The fraction of sp³-hybridized carbons (Fsp3) is 0.308. The lowest BCUT2D eigenvalue weighted by molar-refractivity contribution is 0.0858. The summed E-state index contributed by atoms with van der Waals surface area (Å²) in [6.45, 7) is 5.76. The van der Waals surface area contributed by atoms with Gasteiger partial charge in [-0.2, -0.15) is 0 Å². The number of ketones is 1. The molecule has 2 aliphatic rings. The summed E-state index contributed by atoms with van der Waals surface area (Å²) in [5.41, 5.74) is 1.36. The number of fused-ring (bicyclic) bond motifs is 1. The van der Waals surface area contributed by atoms with Gasteiger partial charge in [-0.25, -0.2) is 0 Å². The fourth-order valence-electron chi connectivity index (χ4n) is 1.56. The van der Waals surface area contributed by atoms with Gasteiger partial charge in [-0.3, -0.25) is 4.79 Å². The second kappa shape index (κ2) is 3.23. The lowest BCUT2D eigenvalue weighted by atomic mass is 9.87. The van der Waals surface area contributed by atoms with Crippen LogP contribution in [-0.2, 0) is 0 Å². The molecule has 0 saturated carbocycles. The van der Waals surface area contributed by atoms with Crippen LogP contribution in [0.25, 0.3) is 11.3 Å². The number of carbonyl (C=O) groups is 1. The van der Waals surface area contributed by atoms with Gasteiger partial charge in [0.2, 0.25) is 0 Å². The van der Waals surface area contributed by atoms with Crippen LogP contribution in [0.2, 0.25) is 0 Å². The first kappa shape index (κ1) is 9.97. The molecule has 0 amide bonds. The molecule has 0 saturated heterocycles. The maximum atomic E-state index is 12.0. The molecule has 78 valence electrons. The summed E-state index contributed by atoms with van der Waals surface area (Å²) in [5.74, 6) is 0.916. The van der Waals surface area contributed by atoms with Gasteiger partial charge in [0.25, 0.3) is 0 Å². The Labute approximate surface area is 89.2 Å². The van der Waals surface area contributed by atoms with Crippen LogP contribution >= 0.6 is 0 Å². The number of hydrogen-bond acceptors (Lipinski definition) is 2. The second-order valence-electron chi connectivity index (χ2n) is 4.76. The molecular formula is C13H14O2. The monoisotopic (exact) mass is 202 g/mol. The molecule has 0 aromatic rings. The third-order valence-corrected chi connectivity index (χ3v) is 2.37. The van der Waals surface area contributed by atoms with Gasteiger partial charge in [0.15, 0.2) is 5.78 Å². The first-order valence-electron chi connectivity index (χ1n) is 5.00. The molecule has 0 aromatic heterocycles. The molecule has 15 heavy (non-hydrogen) atoms. The first-order valence-corrected chi connectivity index (χ1v) is 5.00. The zero-order valence-corrected chi connectivity index (χ0v) is 9.20. The van der Waals surface area contributed by atoms with Gasteiger partial charge >= 0.3 is 0 Å². The molecule has 0 unspecified atom stereocenters. The molecular weight excluding hydrogens is 188 g/mol. The highest BCUT2D eigenvalue weighted by Crippen LogP contribution is 2.29. The van der Waals surface area contributed by atoms with E-state index in [0.29, 0.717) is 0 Å². The van der Waals surface area contributed by atoms with Crippen LogP contribution in [0.1, 0.15) is 31.1 Å². The zero-order valence-electron chi connectivity index (χ0n) is 9.20. The predicted octanol–water partition coefficient (Wildman–Crippen LogP) is 3.61. The summed E-state index contributed by atoms with van der Waals surface area (Å²) in [6, 6.07) is 7.46. The first-order chi connectivity index (χ1) is 6.98. The van der Waals surface area contributed by atoms with Crippen molar-refractivity contribution in [3.63, 3.8) is 0 Å². The summed E-state index contributed by atoms with van der Waals surface area (Å²) in [5, 5.41) is 0. The standard InChI is InChI=1S/C13H14O2/c1-13(2,3)12(14)10-7-9-5-4-6-15-11(9)8-10/h4-8H,1-3H3. The minimum atomic E-state index is -0.343. The zero-order chi connectivity index (χ0) is 11.1. The molecule has 0 atom stereocenters. The minimum absolute atomic E-state index is 0.147. The molecule has 1 heterocycles. The van der Waals surface area contributed by atoms with E-state index in [1.807, 2.05) is 45.0 Å². The Hall–Kier alpha value is -1.57. The molecule has 2 nitrogen and oxygen atoms in total. The quantitative estimate of drug-likeness (QED) is 0.661. The van der Waals surface area contributed by atoms with Gasteiger partial charge in [0.05, 0.1) is 6.26 Å². The van der Waals surface area contributed by atoms with Gasteiger partial charge in [0.1, 0.15) is 5.76 Å². The van der Waals surface area contributed by atoms with E-state index < -0.39 is 0 Å². The van der Waals surface area contributed by atoms with Crippen molar-refractivity contribution in [2.24, 2.45) is 5.41 Å². The van der Waals surface area contributed by atoms with E-state index in [1.54, 1.807) is 6.26 Å². The largest absolute Gasteiger partial charge is 0.464 e. The van der Waals surface area contributed by atoms with E-state index in [2.05, 4.69) is 0 Å². The lowest BCUT2D eigenvalue weighted by Crippen LogP contribution is -2.19. The highest BCUT2D eigenvalue weighted by Gasteiger charge is 2.25. The second-order valence-corrected chi connectivity index (χ2v) is 4.76. The van der Waals surface area contributed by atoms with E-state index in [9.17, 15) is 4.79 Å².